The number of aromatic nitrogens is 3. The maximum Gasteiger partial charge on any atom is 0.147 e. The predicted octanol–water partition coefficient (Wildman–Crippen LogP) is 0.400. The summed E-state index contributed by atoms with van der Waals surface area (Å²) < 4.78 is 2.18. The molecule has 0 saturated carbocycles. The van der Waals surface area contributed by atoms with Gasteiger partial charge in [-0.1, -0.05) is 0 Å². The van der Waals surface area contributed by atoms with Gasteiger partial charge in [0.2, 0.25) is 0 Å². The van der Waals surface area contributed by atoms with Crippen molar-refractivity contribution in [1.29, 1.82) is 0 Å². The highest BCUT2D eigenvalue weighted by Crippen LogP contribution is 2.10. The van der Waals surface area contributed by atoms with Crippen molar-refractivity contribution in [3.8, 4) is 0 Å². The molecule has 1 atom stereocenters. The van der Waals surface area contributed by atoms with E-state index in [4.69, 9.17) is 0 Å². The van der Waals surface area contributed by atoms with Crippen molar-refractivity contribution >= 4 is 0 Å². The van der Waals surface area contributed by atoms with Gasteiger partial charge in [-0.2, -0.15) is 0 Å². The summed E-state index contributed by atoms with van der Waals surface area (Å²) in [6.45, 7) is 8.21. The van der Waals surface area contributed by atoms with Gasteiger partial charge >= 0.3 is 0 Å². The van der Waals surface area contributed by atoms with Crippen molar-refractivity contribution in [3.05, 3.63) is 11.6 Å². The summed E-state index contributed by atoms with van der Waals surface area (Å²) in [5, 5.41) is 11.8. The van der Waals surface area contributed by atoms with Crippen LogP contribution in [0, 0.1) is 6.92 Å². The van der Waals surface area contributed by atoms with Crippen LogP contribution in [0.2, 0.25) is 0 Å². The van der Waals surface area contributed by atoms with Gasteiger partial charge in [-0.05, 0) is 33.9 Å². The minimum atomic E-state index is 0.641. The minimum absolute atomic E-state index is 0.641. The van der Waals surface area contributed by atoms with E-state index in [2.05, 4.69) is 39.0 Å². The number of likely N-dealkylation sites (N-methyl/N-ethyl adjacent to an activating group) is 1. The maximum atomic E-state index is 4.25. The van der Waals surface area contributed by atoms with Crippen molar-refractivity contribution in [2.75, 3.05) is 20.1 Å². The highest BCUT2D eigenvalue weighted by Gasteiger charge is 2.20. The van der Waals surface area contributed by atoms with E-state index in [0.29, 0.717) is 6.04 Å². The van der Waals surface area contributed by atoms with Gasteiger partial charge in [-0.15, -0.1) is 10.2 Å². The zero-order valence-corrected chi connectivity index (χ0v) is 10.4. The van der Waals surface area contributed by atoms with E-state index in [1.807, 2.05) is 6.92 Å². The molecular formula is C11H21N5. The lowest BCUT2D eigenvalue weighted by Crippen LogP contribution is -2.33. The first-order valence-corrected chi connectivity index (χ1v) is 6.02. The normalized spacial score (nSPS) is 20.9. The van der Waals surface area contributed by atoms with Crippen LogP contribution in [-0.4, -0.2) is 45.8 Å². The molecule has 1 saturated heterocycles. The van der Waals surface area contributed by atoms with Crippen molar-refractivity contribution < 1.29 is 0 Å². The number of aryl methyl sites for hydroxylation is 1. The van der Waals surface area contributed by atoms with Gasteiger partial charge < -0.3 is 9.88 Å². The van der Waals surface area contributed by atoms with Crippen molar-refractivity contribution in [3.63, 3.8) is 0 Å². The molecule has 1 N–H and O–H groups in total. The molecule has 0 aliphatic carbocycles. The molecule has 1 aliphatic heterocycles. The fraction of sp³-hybridized carbons (Fsp3) is 0.818. The number of rotatable bonds is 4. The molecule has 0 amide bonds. The number of hydrogen-bond donors (Lipinski definition) is 1. The average molecular weight is 223 g/mol. The molecule has 1 aromatic rings. The zero-order chi connectivity index (χ0) is 11.5. The lowest BCUT2D eigenvalue weighted by Gasteiger charge is -2.22. The summed E-state index contributed by atoms with van der Waals surface area (Å²) in [6.07, 6.45) is 1.23. The Balaban J connectivity index is 2.02. The molecule has 90 valence electrons. The molecule has 5 heteroatoms. The SMILES string of the molecule is CCn1c(C)nnc1CN(C)C1CCNC1. The second-order valence-electron chi connectivity index (χ2n) is 4.47. The van der Waals surface area contributed by atoms with Gasteiger partial charge in [0.05, 0.1) is 6.54 Å². The first-order chi connectivity index (χ1) is 7.72. The summed E-state index contributed by atoms with van der Waals surface area (Å²) in [4.78, 5) is 2.37. The second-order valence-corrected chi connectivity index (χ2v) is 4.47. The van der Waals surface area contributed by atoms with E-state index in [1.54, 1.807) is 0 Å². The molecule has 0 bridgehead atoms. The molecule has 1 aromatic heterocycles. The van der Waals surface area contributed by atoms with Crippen LogP contribution in [0.3, 0.4) is 0 Å². The van der Waals surface area contributed by atoms with Crippen molar-refractivity contribution in [1.82, 2.24) is 25.0 Å². The van der Waals surface area contributed by atoms with E-state index in [1.165, 1.54) is 6.42 Å². The molecule has 2 heterocycles. The van der Waals surface area contributed by atoms with E-state index in [-0.39, 0.29) is 0 Å². The third-order valence-electron chi connectivity index (χ3n) is 3.38. The zero-order valence-electron chi connectivity index (χ0n) is 10.4. The molecule has 5 nitrogen and oxygen atoms in total. The fourth-order valence-electron chi connectivity index (χ4n) is 2.32. The van der Waals surface area contributed by atoms with E-state index in [0.717, 1.165) is 37.8 Å². The van der Waals surface area contributed by atoms with Gasteiger partial charge in [0.25, 0.3) is 0 Å². The van der Waals surface area contributed by atoms with Gasteiger partial charge in [-0.3, -0.25) is 4.90 Å². The molecule has 2 rings (SSSR count). The lowest BCUT2D eigenvalue weighted by molar-refractivity contribution is 0.239. The van der Waals surface area contributed by atoms with E-state index >= 15 is 0 Å². The molecule has 1 unspecified atom stereocenters. The Bertz CT molecular complexity index is 340. The number of nitrogens with zero attached hydrogens (tertiary/aromatic N) is 4. The highest BCUT2D eigenvalue weighted by atomic mass is 15.3. The van der Waals surface area contributed by atoms with Crippen LogP contribution in [0.25, 0.3) is 0 Å². The molecule has 1 fully saturated rings. The lowest BCUT2D eigenvalue weighted by atomic mass is 10.2. The van der Waals surface area contributed by atoms with E-state index in [9.17, 15) is 0 Å². The first-order valence-electron chi connectivity index (χ1n) is 6.02. The van der Waals surface area contributed by atoms with Gasteiger partial charge in [-0.25, -0.2) is 0 Å². The van der Waals surface area contributed by atoms with Crippen LogP contribution in [0.5, 0.6) is 0 Å². The molecule has 0 spiro atoms. The molecule has 0 aromatic carbocycles. The summed E-state index contributed by atoms with van der Waals surface area (Å²) in [6, 6.07) is 0.641. The Kier molecular flexibility index (Phi) is 3.56. The standard InChI is InChI=1S/C11H21N5/c1-4-16-9(2)13-14-11(16)8-15(3)10-5-6-12-7-10/h10,12H,4-8H2,1-3H3. The Hall–Kier alpha value is -0.940. The van der Waals surface area contributed by atoms with E-state index < -0.39 is 0 Å². The van der Waals surface area contributed by atoms with Gasteiger partial charge in [0, 0.05) is 19.1 Å². The average Bonchev–Trinajstić information content (AvgIpc) is 2.88. The third kappa shape index (κ3) is 2.25. The summed E-state index contributed by atoms with van der Waals surface area (Å²) in [5.41, 5.74) is 0. The first kappa shape index (κ1) is 11.5. The Morgan fingerprint density at radius 1 is 1.50 bits per heavy atom. The summed E-state index contributed by atoms with van der Waals surface area (Å²) >= 11 is 0. The molecule has 0 radical (unpaired) electrons. The second kappa shape index (κ2) is 4.93. The molecular weight excluding hydrogens is 202 g/mol. The highest BCUT2D eigenvalue weighted by molar-refractivity contribution is 4.94. The number of hydrogen-bond acceptors (Lipinski definition) is 4. The van der Waals surface area contributed by atoms with Crippen LogP contribution >= 0.6 is 0 Å². The summed E-state index contributed by atoms with van der Waals surface area (Å²) in [7, 11) is 2.17. The predicted molar refractivity (Wildman–Crippen MR) is 63.2 cm³/mol. The smallest absolute Gasteiger partial charge is 0.147 e. The van der Waals surface area contributed by atoms with Crippen molar-refractivity contribution in [2.45, 2.75) is 39.4 Å². The topological polar surface area (TPSA) is 46.0 Å². The Labute approximate surface area is 96.8 Å². The largest absolute Gasteiger partial charge is 0.315 e. The summed E-state index contributed by atoms with van der Waals surface area (Å²) in [5.74, 6) is 2.09. The van der Waals surface area contributed by atoms with Crippen LogP contribution in [0.15, 0.2) is 0 Å². The Morgan fingerprint density at radius 3 is 2.94 bits per heavy atom. The monoisotopic (exact) mass is 223 g/mol. The van der Waals surface area contributed by atoms with Crippen LogP contribution in [0.1, 0.15) is 25.0 Å². The Morgan fingerprint density at radius 2 is 2.31 bits per heavy atom. The van der Waals surface area contributed by atoms with Crippen LogP contribution in [0.4, 0.5) is 0 Å². The van der Waals surface area contributed by atoms with Gasteiger partial charge in [0.15, 0.2) is 0 Å². The van der Waals surface area contributed by atoms with Crippen LogP contribution < -0.4 is 5.32 Å². The molecule has 1 aliphatic rings. The fourth-order valence-corrected chi connectivity index (χ4v) is 2.32. The van der Waals surface area contributed by atoms with Crippen molar-refractivity contribution in [2.24, 2.45) is 0 Å². The maximum absolute atomic E-state index is 4.25. The number of nitrogens with one attached hydrogen (secondary N) is 1. The minimum Gasteiger partial charge on any atom is -0.315 e. The molecule has 16 heavy (non-hydrogen) atoms. The third-order valence-corrected chi connectivity index (χ3v) is 3.38. The quantitative estimate of drug-likeness (QED) is 0.802. The van der Waals surface area contributed by atoms with Gasteiger partial charge in [0.1, 0.15) is 11.6 Å². The van der Waals surface area contributed by atoms with Crippen LogP contribution in [-0.2, 0) is 13.1 Å².